The Labute approximate surface area is 104 Å². The zero-order valence-corrected chi connectivity index (χ0v) is 9.20. The minimum atomic E-state index is 0.333. The van der Waals surface area contributed by atoms with E-state index in [1.54, 1.807) is 12.1 Å². The highest BCUT2D eigenvalue weighted by atomic mass is 15.6. The molecule has 0 unspecified atom stereocenters. The van der Waals surface area contributed by atoms with Crippen LogP contribution in [0.2, 0.25) is 0 Å². The minimum Gasteiger partial charge on any atom is -0.395 e. The molecule has 11 nitrogen and oxygen atoms in total. The number of hydrogen-bond donors (Lipinski definition) is 1. The van der Waals surface area contributed by atoms with Crippen LogP contribution < -0.4 is 5.73 Å². The molecule has 0 atom stereocenters. The lowest BCUT2D eigenvalue weighted by Crippen LogP contribution is -2.03. The van der Waals surface area contributed by atoms with Gasteiger partial charge < -0.3 is 5.73 Å². The molecule has 11 heteroatoms. The van der Waals surface area contributed by atoms with Crippen molar-refractivity contribution in [3.8, 4) is 11.3 Å². The molecule has 2 N–H and O–H groups in total. The number of nitrogen functional groups attached to an aromatic ring is 1. The SMILES string of the molecule is Nc1c(-c2ccc3nnnn3n2)[c]nn2nnnc12. The Morgan fingerprint density at radius 1 is 1.05 bits per heavy atom. The van der Waals surface area contributed by atoms with Gasteiger partial charge in [0.05, 0.1) is 16.9 Å². The third kappa shape index (κ3) is 1.31. The van der Waals surface area contributed by atoms with Crippen LogP contribution in [0.15, 0.2) is 12.1 Å². The highest BCUT2D eigenvalue weighted by Gasteiger charge is 2.13. The number of nitrogens with two attached hydrogens (primary N) is 1. The number of rotatable bonds is 1. The molecular weight excluding hydrogens is 250 g/mol. The molecular formula is C8H4N11. The number of tetrazole rings is 2. The van der Waals surface area contributed by atoms with Gasteiger partial charge in [0.15, 0.2) is 5.65 Å². The van der Waals surface area contributed by atoms with Crippen molar-refractivity contribution >= 4 is 17.0 Å². The maximum atomic E-state index is 5.98. The molecule has 0 bridgehead atoms. The van der Waals surface area contributed by atoms with E-state index < -0.39 is 0 Å². The highest BCUT2D eigenvalue weighted by Crippen LogP contribution is 2.24. The van der Waals surface area contributed by atoms with Crippen molar-refractivity contribution in [3.05, 3.63) is 18.3 Å². The number of anilines is 1. The second-order valence-corrected chi connectivity index (χ2v) is 3.64. The predicted molar refractivity (Wildman–Crippen MR) is 59.4 cm³/mol. The van der Waals surface area contributed by atoms with Crippen LogP contribution in [0.4, 0.5) is 5.69 Å². The van der Waals surface area contributed by atoms with Crippen LogP contribution in [-0.2, 0) is 0 Å². The fraction of sp³-hybridized carbons (Fsp3) is 0. The van der Waals surface area contributed by atoms with Gasteiger partial charge in [-0.1, -0.05) is 0 Å². The highest BCUT2D eigenvalue weighted by molar-refractivity contribution is 5.81. The monoisotopic (exact) mass is 254 g/mol. The van der Waals surface area contributed by atoms with E-state index in [0.717, 1.165) is 0 Å². The quantitative estimate of drug-likeness (QED) is 0.425. The number of hydrogen-bond acceptors (Lipinski definition) is 9. The summed E-state index contributed by atoms with van der Waals surface area (Å²) in [5, 5.41) is 30.0. The van der Waals surface area contributed by atoms with Gasteiger partial charge >= 0.3 is 0 Å². The first-order valence-corrected chi connectivity index (χ1v) is 5.14. The third-order valence-electron chi connectivity index (χ3n) is 2.55. The van der Waals surface area contributed by atoms with E-state index in [9.17, 15) is 0 Å². The Kier molecular flexibility index (Phi) is 1.73. The molecule has 0 aromatic carbocycles. The summed E-state index contributed by atoms with van der Waals surface area (Å²) in [7, 11) is 0. The van der Waals surface area contributed by atoms with Gasteiger partial charge in [-0.15, -0.1) is 29.7 Å². The van der Waals surface area contributed by atoms with Gasteiger partial charge in [-0.3, -0.25) is 0 Å². The Balaban J connectivity index is 1.99. The van der Waals surface area contributed by atoms with Gasteiger partial charge in [0, 0.05) is 0 Å². The summed E-state index contributed by atoms with van der Waals surface area (Å²) in [6.45, 7) is 0. The minimum absolute atomic E-state index is 0.333. The summed E-state index contributed by atoms with van der Waals surface area (Å²) >= 11 is 0. The van der Waals surface area contributed by atoms with Crippen LogP contribution in [0.25, 0.3) is 22.6 Å². The van der Waals surface area contributed by atoms with Crippen molar-refractivity contribution < 1.29 is 0 Å². The molecule has 0 aliphatic rings. The van der Waals surface area contributed by atoms with Crippen LogP contribution in [0.5, 0.6) is 0 Å². The maximum Gasteiger partial charge on any atom is 0.223 e. The van der Waals surface area contributed by atoms with Crippen molar-refractivity contribution in [3.63, 3.8) is 0 Å². The first-order chi connectivity index (χ1) is 9.33. The Morgan fingerprint density at radius 3 is 2.84 bits per heavy atom. The smallest absolute Gasteiger partial charge is 0.223 e. The fourth-order valence-corrected chi connectivity index (χ4v) is 1.66. The molecule has 0 amide bonds. The largest absolute Gasteiger partial charge is 0.395 e. The molecule has 0 saturated heterocycles. The first kappa shape index (κ1) is 9.76. The topological polar surface area (TPSA) is 138 Å². The molecule has 0 spiro atoms. The summed E-state index contributed by atoms with van der Waals surface area (Å²) in [5.74, 6) is 0. The lowest BCUT2D eigenvalue weighted by Gasteiger charge is -2.03. The van der Waals surface area contributed by atoms with Crippen LogP contribution >= 0.6 is 0 Å². The molecule has 91 valence electrons. The van der Waals surface area contributed by atoms with Crippen LogP contribution in [0.3, 0.4) is 0 Å². The fourth-order valence-electron chi connectivity index (χ4n) is 1.66. The molecule has 4 heterocycles. The van der Waals surface area contributed by atoms with E-state index in [4.69, 9.17) is 5.73 Å². The van der Waals surface area contributed by atoms with Crippen LogP contribution in [0.1, 0.15) is 0 Å². The van der Waals surface area contributed by atoms with Crippen molar-refractivity contribution in [2.45, 2.75) is 0 Å². The average Bonchev–Trinajstić information content (AvgIpc) is 3.07. The normalized spacial score (nSPS) is 11.4. The second-order valence-electron chi connectivity index (χ2n) is 3.64. The van der Waals surface area contributed by atoms with Crippen LogP contribution in [-0.4, -0.2) is 50.5 Å². The van der Waals surface area contributed by atoms with E-state index in [0.29, 0.717) is 28.2 Å². The molecule has 0 aliphatic heterocycles. The molecule has 0 fully saturated rings. The summed E-state index contributed by atoms with van der Waals surface area (Å²) in [4.78, 5) is 0. The number of nitrogens with zero attached hydrogens (tertiary/aromatic N) is 10. The van der Waals surface area contributed by atoms with E-state index >= 15 is 0 Å². The molecule has 4 rings (SSSR count). The Morgan fingerprint density at radius 2 is 1.89 bits per heavy atom. The van der Waals surface area contributed by atoms with E-state index in [2.05, 4.69) is 47.4 Å². The van der Waals surface area contributed by atoms with Gasteiger partial charge in [-0.25, -0.2) is 0 Å². The Bertz CT molecular complexity index is 890. The van der Waals surface area contributed by atoms with Gasteiger partial charge in [-0.05, 0) is 33.0 Å². The van der Waals surface area contributed by atoms with Gasteiger partial charge in [-0.2, -0.15) is 0 Å². The van der Waals surface area contributed by atoms with E-state index in [1.165, 1.54) is 9.26 Å². The first-order valence-electron chi connectivity index (χ1n) is 5.14. The second kappa shape index (κ2) is 3.38. The summed E-state index contributed by atoms with van der Waals surface area (Å²) in [6.07, 6.45) is 2.74. The summed E-state index contributed by atoms with van der Waals surface area (Å²) in [6, 6.07) is 3.43. The Hall–Kier alpha value is -3.24. The van der Waals surface area contributed by atoms with Crippen molar-refractivity contribution in [2.24, 2.45) is 0 Å². The van der Waals surface area contributed by atoms with Crippen molar-refractivity contribution in [2.75, 3.05) is 5.73 Å². The standard InChI is InChI=1S/C8H4N11/c9-7-4(3-10-19-8(7)12-15-17-19)5-1-2-6-11-14-16-18(6)13-5/h1-2H,9H2. The molecule has 0 aliphatic carbocycles. The van der Waals surface area contributed by atoms with E-state index in [1.807, 2.05) is 0 Å². The number of aromatic nitrogens is 10. The molecule has 4 aromatic heterocycles. The summed E-state index contributed by atoms with van der Waals surface area (Å²) in [5.41, 5.74) is 8.19. The van der Waals surface area contributed by atoms with E-state index in [-0.39, 0.29) is 0 Å². The van der Waals surface area contributed by atoms with Gasteiger partial charge in [0.1, 0.15) is 6.20 Å². The molecule has 19 heavy (non-hydrogen) atoms. The van der Waals surface area contributed by atoms with Gasteiger partial charge in [0.25, 0.3) is 0 Å². The van der Waals surface area contributed by atoms with Crippen molar-refractivity contribution in [1.29, 1.82) is 0 Å². The lowest BCUT2D eigenvalue weighted by atomic mass is 10.2. The third-order valence-corrected chi connectivity index (χ3v) is 2.55. The maximum absolute atomic E-state index is 5.98. The zero-order chi connectivity index (χ0) is 12.8. The lowest BCUT2D eigenvalue weighted by molar-refractivity contribution is 0.727. The predicted octanol–water partition coefficient (Wildman–Crippen LogP) is -1.60. The average molecular weight is 254 g/mol. The zero-order valence-electron chi connectivity index (χ0n) is 9.20. The van der Waals surface area contributed by atoms with Crippen molar-refractivity contribution in [1.82, 2.24) is 50.5 Å². The molecule has 4 aromatic rings. The molecule has 1 radical (unpaired) electrons. The summed E-state index contributed by atoms with van der Waals surface area (Å²) < 4.78 is 2.48. The number of fused-ring (bicyclic) bond motifs is 2. The van der Waals surface area contributed by atoms with Gasteiger partial charge in [0.2, 0.25) is 5.65 Å². The molecule has 0 saturated carbocycles. The van der Waals surface area contributed by atoms with Crippen LogP contribution in [0, 0.1) is 6.20 Å².